The summed E-state index contributed by atoms with van der Waals surface area (Å²) in [5, 5.41) is 8.60. The molecule has 0 saturated carbocycles. The van der Waals surface area contributed by atoms with Gasteiger partial charge in [-0.15, -0.1) is 0 Å². The van der Waals surface area contributed by atoms with Crippen LogP contribution in [0.1, 0.15) is 20.8 Å². The molecule has 0 saturated heterocycles. The summed E-state index contributed by atoms with van der Waals surface area (Å²) in [6, 6.07) is 2.01. The van der Waals surface area contributed by atoms with Gasteiger partial charge < -0.3 is 5.73 Å². The summed E-state index contributed by atoms with van der Waals surface area (Å²) in [6.45, 7) is 5.75. The van der Waals surface area contributed by atoms with Crippen molar-refractivity contribution >= 4 is 0 Å². The first-order chi connectivity index (χ1) is 5.61. The van der Waals surface area contributed by atoms with E-state index in [2.05, 4.69) is 0 Å². The van der Waals surface area contributed by atoms with E-state index in [1.54, 1.807) is 19.1 Å². The van der Waals surface area contributed by atoms with Crippen molar-refractivity contribution in [1.82, 2.24) is 0 Å². The molecule has 0 aliphatic rings. The van der Waals surface area contributed by atoms with Crippen LogP contribution in [0.3, 0.4) is 0 Å². The molecule has 0 spiro atoms. The van der Waals surface area contributed by atoms with Crippen LogP contribution in [0, 0.1) is 11.3 Å². The number of nitrogens with two attached hydrogens (primary N) is 1. The van der Waals surface area contributed by atoms with Gasteiger partial charge in [0, 0.05) is 5.70 Å². The van der Waals surface area contributed by atoms with E-state index < -0.39 is 0 Å². The predicted molar refractivity (Wildman–Crippen MR) is 51.1 cm³/mol. The zero-order valence-corrected chi connectivity index (χ0v) is 7.76. The maximum Gasteiger partial charge on any atom is 0.101 e. The van der Waals surface area contributed by atoms with Gasteiger partial charge in [-0.25, -0.2) is 0 Å². The Kier molecular flexibility index (Phi) is 4.55. The van der Waals surface area contributed by atoms with Crippen LogP contribution < -0.4 is 5.73 Å². The summed E-state index contributed by atoms with van der Waals surface area (Å²) in [5.74, 6) is 0. The standard InChI is InChI=1S/C10H14N2/c1-4-9(7-11)10(12)6-5-8(2)3/h4-6H,12H2,1-3H3/b9-4-,10-6+. The molecule has 0 aromatic carbocycles. The number of hydrogen-bond acceptors (Lipinski definition) is 2. The monoisotopic (exact) mass is 162 g/mol. The molecule has 64 valence electrons. The van der Waals surface area contributed by atoms with Crippen molar-refractivity contribution in [3.63, 3.8) is 0 Å². The molecule has 0 amide bonds. The third-order valence-electron chi connectivity index (χ3n) is 1.32. The van der Waals surface area contributed by atoms with Crippen molar-refractivity contribution in [2.24, 2.45) is 5.73 Å². The zero-order chi connectivity index (χ0) is 9.56. The summed E-state index contributed by atoms with van der Waals surface area (Å²) in [4.78, 5) is 0. The van der Waals surface area contributed by atoms with Gasteiger partial charge in [0.05, 0.1) is 5.57 Å². The Morgan fingerprint density at radius 1 is 1.33 bits per heavy atom. The van der Waals surface area contributed by atoms with Gasteiger partial charge in [-0.1, -0.05) is 17.7 Å². The van der Waals surface area contributed by atoms with E-state index in [1.165, 1.54) is 0 Å². The third kappa shape index (κ3) is 3.62. The van der Waals surface area contributed by atoms with E-state index in [9.17, 15) is 0 Å². The van der Waals surface area contributed by atoms with Gasteiger partial charge in [-0.05, 0) is 26.8 Å². The SMILES string of the molecule is C/C=C(C#N)\C(N)=C/C=C(C)C. The average Bonchev–Trinajstić information content (AvgIpc) is 2.03. The van der Waals surface area contributed by atoms with Gasteiger partial charge in [0.1, 0.15) is 6.07 Å². The van der Waals surface area contributed by atoms with E-state index in [0.29, 0.717) is 11.3 Å². The Morgan fingerprint density at radius 2 is 1.92 bits per heavy atom. The lowest BCUT2D eigenvalue weighted by Crippen LogP contribution is -1.98. The number of hydrogen-bond donors (Lipinski definition) is 1. The van der Waals surface area contributed by atoms with Crippen LogP contribution in [0.4, 0.5) is 0 Å². The van der Waals surface area contributed by atoms with Gasteiger partial charge in [-0.2, -0.15) is 5.26 Å². The summed E-state index contributed by atoms with van der Waals surface area (Å²) < 4.78 is 0. The molecule has 0 radical (unpaired) electrons. The number of nitriles is 1. The van der Waals surface area contributed by atoms with Gasteiger partial charge in [0.25, 0.3) is 0 Å². The molecule has 2 N–H and O–H groups in total. The molecular weight excluding hydrogens is 148 g/mol. The largest absolute Gasteiger partial charge is 0.398 e. The molecule has 0 rings (SSSR count). The molecule has 2 nitrogen and oxygen atoms in total. The first kappa shape index (κ1) is 10.5. The first-order valence-corrected chi connectivity index (χ1v) is 3.79. The van der Waals surface area contributed by atoms with Crippen LogP contribution in [0.25, 0.3) is 0 Å². The van der Waals surface area contributed by atoms with Crippen molar-refractivity contribution in [3.8, 4) is 6.07 Å². The van der Waals surface area contributed by atoms with Crippen molar-refractivity contribution < 1.29 is 0 Å². The fourth-order valence-electron chi connectivity index (χ4n) is 0.642. The predicted octanol–water partition coefficient (Wildman–Crippen LogP) is 2.27. The Bertz CT molecular complexity index is 271. The van der Waals surface area contributed by atoms with Gasteiger partial charge >= 0.3 is 0 Å². The van der Waals surface area contributed by atoms with Gasteiger partial charge in [0.2, 0.25) is 0 Å². The van der Waals surface area contributed by atoms with Crippen LogP contribution >= 0.6 is 0 Å². The molecule has 2 heteroatoms. The molecule has 0 unspecified atom stereocenters. The lowest BCUT2D eigenvalue weighted by atomic mass is 10.2. The summed E-state index contributed by atoms with van der Waals surface area (Å²) in [7, 11) is 0. The molecule has 0 bridgehead atoms. The van der Waals surface area contributed by atoms with E-state index in [0.717, 1.165) is 5.57 Å². The van der Waals surface area contributed by atoms with Crippen LogP contribution in [0.15, 0.2) is 35.1 Å². The van der Waals surface area contributed by atoms with Crippen LogP contribution in [0.2, 0.25) is 0 Å². The van der Waals surface area contributed by atoms with E-state index in [1.807, 2.05) is 26.0 Å². The molecule has 0 aromatic rings. The number of allylic oxidation sites excluding steroid dienone is 5. The van der Waals surface area contributed by atoms with Crippen molar-refractivity contribution in [2.45, 2.75) is 20.8 Å². The summed E-state index contributed by atoms with van der Waals surface area (Å²) in [6.07, 6.45) is 5.33. The topological polar surface area (TPSA) is 49.8 Å². The molecule has 0 aromatic heterocycles. The van der Waals surface area contributed by atoms with Gasteiger partial charge in [0.15, 0.2) is 0 Å². The highest BCUT2D eigenvalue weighted by atomic mass is 14.6. The molecule has 0 heterocycles. The highest BCUT2D eigenvalue weighted by molar-refractivity contribution is 5.41. The minimum Gasteiger partial charge on any atom is -0.398 e. The smallest absolute Gasteiger partial charge is 0.101 e. The maximum absolute atomic E-state index is 8.60. The second-order valence-electron chi connectivity index (χ2n) is 2.68. The van der Waals surface area contributed by atoms with E-state index in [-0.39, 0.29) is 0 Å². The molecular formula is C10H14N2. The van der Waals surface area contributed by atoms with E-state index in [4.69, 9.17) is 11.0 Å². The lowest BCUT2D eigenvalue weighted by Gasteiger charge is -1.94. The Hall–Kier alpha value is -1.49. The summed E-state index contributed by atoms with van der Waals surface area (Å²) in [5.41, 5.74) is 7.81. The zero-order valence-electron chi connectivity index (χ0n) is 7.76. The lowest BCUT2D eigenvalue weighted by molar-refractivity contribution is 1.31. The van der Waals surface area contributed by atoms with Crippen molar-refractivity contribution in [2.75, 3.05) is 0 Å². The third-order valence-corrected chi connectivity index (χ3v) is 1.32. The average molecular weight is 162 g/mol. The fraction of sp³-hybridized carbons (Fsp3) is 0.300. The molecule has 0 aliphatic carbocycles. The Balaban J connectivity index is 4.61. The highest BCUT2D eigenvalue weighted by Gasteiger charge is 1.94. The molecule has 12 heavy (non-hydrogen) atoms. The highest BCUT2D eigenvalue weighted by Crippen LogP contribution is 2.02. The van der Waals surface area contributed by atoms with E-state index >= 15 is 0 Å². The van der Waals surface area contributed by atoms with Crippen molar-refractivity contribution in [1.29, 1.82) is 5.26 Å². The molecule has 0 fully saturated rings. The number of rotatable bonds is 2. The van der Waals surface area contributed by atoms with Crippen LogP contribution in [0.5, 0.6) is 0 Å². The van der Waals surface area contributed by atoms with Crippen molar-refractivity contribution in [3.05, 3.63) is 35.1 Å². The molecule has 0 aliphatic heterocycles. The summed E-state index contributed by atoms with van der Waals surface area (Å²) >= 11 is 0. The fourth-order valence-corrected chi connectivity index (χ4v) is 0.642. The van der Waals surface area contributed by atoms with Crippen LogP contribution in [-0.2, 0) is 0 Å². The first-order valence-electron chi connectivity index (χ1n) is 3.79. The second-order valence-corrected chi connectivity index (χ2v) is 2.68. The normalized spacial score (nSPS) is 12.2. The van der Waals surface area contributed by atoms with Crippen LogP contribution in [-0.4, -0.2) is 0 Å². The minimum absolute atomic E-state index is 0.515. The Morgan fingerprint density at radius 3 is 2.25 bits per heavy atom. The Labute approximate surface area is 73.7 Å². The maximum atomic E-state index is 8.60. The number of nitrogens with zero attached hydrogens (tertiary/aromatic N) is 1. The van der Waals surface area contributed by atoms with Gasteiger partial charge in [-0.3, -0.25) is 0 Å². The quantitative estimate of drug-likeness (QED) is 0.500. The molecule has 0 atom stereocenters. The minimum atomic E-state index is 0.515. The second kappa shape index (κ2) is 5.20.